The minimum Gasteiger partial charge on any atom is -0.394 e. The summed E-state index contributed by atoms with van der Waals surface area (Å²) in [7, 11) is 1.29. The highest BCUT2D eigenvalue weighted by Crippen LogP contribution is 2.25. The second-order valence-electron chi connectivity index (χ2n) is 6.52. The third kappa shape index (κ3) is 4.92. The van der Waals surface area contributed by atoms with Crippen LogP contribution in [0.25, 0.3) is 0 Å². The van der Waals surface area contributed by atoms with Crippen molar-refractivity contribution in [2.45, 2.75) is 68.3 Å². The lowest BCUT2D eigenvalue weighted by molar-refractivity contribution is -0.319. The Morgan fingerprint density at radius 1 is 0.926 bits per heavy atom. The summed E-state index contributed by atoms with van der Waals surface area (Å²) in [6, 6.07) is -1.01. The largest absolute Gasteiger partial charge is 0.394 e. The fourth-order valence-electron chi connectivity index (χ4n) is 3.05. The van der Waals surface area contributed by atoms with Crippen molar-refractivity contribution in [3.63, 3.8) is 0 Å². The molecule has 0 radical (unpaired) electrons. The van der Waals surface area contributed by atoms with Crippen molar-refractivity contribution in [3.8, 4) is 0 Å². The summed E-state index contributed by atoms with van der Waals surface area (Å²) in [4.78, 5) is 11.2. The maximum atomic E-state index is 11.2. The molecule has 0 aromatic rings. The van der Waals surface area contributed by atoms with Crippen LogP contribution in [0, 0.1) is 0 Å². The summed E-state index contributed by atoms with van der Waals surface area (Å²) >= 11 is 0. The number of carbonyl (C=O) groups excluding carboxylic acids is 1. The predicted octanol–water partition coefficient (Wildman–Crippen LogP) is -4.60. The molecule has 27 heavy (non-hydrogen) atoms. The monoisotopic (exact) mass is 397 g/mol. The molecule has 12 nitrogen and oxygen atoms in total. The molecular weight excluding hydrogens is 370 g/mol. The molecule has 0 spiro atoms. The summed E-state index contributed by atoms with van der Waals surface area (Å²) in [5.74, 6) is -0.451. The van der Waals surface area contributed by atoms with E-state index in [-0.39, 0.29) is 6.61 Å². The first-order valence-corrected chi connectivity index (χ1v) is 8.44. The second kappa shape index (κ2) is 9.52. The second-order valence-corrected chi connectivity index (χ2v) is 6.52. The number of hydrogen-bond donors (Lipinski definition) is 7. The van der Waals surface area contributed by atoms with E-state index in [4.69, 9.17) is 24.1 Å². The SMILES string of the molecule is COC1OC(COC2OC(CO)C(O)C(O)C2O)C(O)C(O)C1NC(C)=O. The van der Waals surface area contributed by atoms with Gasteiger partial charge in [0.05, 0.1) is 13.2 Å². The standard InChI is InChI=1S/C15H27NO11/c1-5(18)16-8-11(21)10(20)7(27-14(8)24-2)4-25-15-13(23)12(22)9(19)6(3-17)26-15/h6-15,17,19-23H,3-4H2,1-2H3,(H,16,18). The van der Waals surface area contributed by atoms with Crippen LogP contribution < -0.4 is 5.32 Å². The molecule has 0 saturated carbocycles. The Kier molecular flexibility index (Phi) is 7.88. The van der Waals surface area contributed by atoms with Gasteiger partial charge in [0, 0.05) is 14.0 Å². The summed E-state index contributed by atoms with van der Waals surface area (Å²) in [6.07, 6.45) is -12.4. The van der Waals surface area contributed by atoms with E-state index in [0.717, 1.165) is 0 Å². The van der Waals surface area contributed by atoms with Crippen LogP contribution in [0.3, 0.4) is 0 Å². The van der Waals surface area contributed by atoms with Gasteiger partial charge in [-0.05, 0) is 0 Å². The Balaban J connectivity index is 1.99. The first-order valence-electron chi connectivity index (χ1n) is 8.44. The first-order chi connectivity index (χ1) is 12.7. The number of aliphatic hydroxyl groups excluding tert-OH is 6. The maximum Gasteiger partial charge on any atom is 0.217 e. The van der Waals surface area contributed by atoms with Crippen LogP contribution in [-0.4, -0.2) is 118 Å². The van der Waals surface area contributed by atoms with Crippen LogP contribution >= 0.6 is 0 Å². The van der Waals surface area contributed by atoms with E-state index in [1.165, 1.54) is 14.0 Å². The lowest BCUT2D eigenvalue weighted by Gasteiger charge is -2.43. The highest BCUT2D eigenvalue weighted by Gasteiger charge is 2.47. The van der Waals surface area contributed by atoms with E-state index < -0.39 is 73.9 Å². The molecule has 2 fully saturated rings. The van der Waals surface area contributed by atoms with E-state index in [1.807, 2.05) is 0 Å². The molecule has 1 amide bonds. The zero-order valence-corrected chi connectivity index (χ0v) is 14.9. The van der Waals surface area contributed by atoms with Crippen LogP contribution in [0.15, 0.2) is 0 Å². The molecule has 10 unspecified atom stereocenters. The van der Waals surface area contributed by atoms with Crippen molar-refractivity contribution in [1.82, 2.24) is 5.32 Å². The van der Waals surface area contributed by atoms with Crippen molar-refractivity contribution >= 4 is 5.91 Å². The van der Waals surface area contributed by atoms with E-state index >= 15 is 0 Å². The van der Waals surface area contributed by atoms with Gasteiger partial charge in [0.25, 0.3) is 0 Å². The van der Waals surface area contributed by atoms with Crippen molar-refractivity contribution < 1.29 is 54.4 Å². The zero-order chi connectivity index (χ0) is 20.3. The molecule has 0 bridgehead atoms. The predicted molar refractivity (Wildman–Crippen MR) is 85.0 cm³/mol. The number of methoxy groups -OCH3 is 1. The number of aliphatic hydroxyl groups is 6. The fraction of sp³-hybridized carbons (Fsp3) is 0.933. The highest BCUT2D eigenvalue weighted by molar-refractivity contribution is 5.73. The summed E-state index contributed by atoms with van der Waals surface area (Å²) in [5.41, 5.74) is 0. The van der Waals surface area contributed by atoms with E-state index in [2.05, 4.69) is 5.32 Å². The number of hydrogen-bond acceptors (Lipinski definition) is 11. The maximum absolute atomic E-state index is 11.2. The van der Waals surface area contributed by atoms with Gasteiger partial charge in [-0.2, -0.15) is 0 Å². The lowest BCUT2D eigenvalue weighted by atomic mass is 9.96. The summed E-state index contributed by atoms with van der Waals surface area (Å²) < 4.78 is 21.1. The Hall–Kier alpha value is -0.930. The van der Waals surface area contributed by atoms with Crippen molar-refractivity contribution in [3.05, 3.63) is 0 Å². The Morgan fingerprint density at radius 3 is 2.07 bits per heavy atom. The van der Waals surface area contributed by atoms with Gasteiger partial charge in [-0.25, -0.2) is 0 Å². The Morgan fingerprint density at radius 2 is 1.52 bits per heavy atom. The minimum absolute atomic E-state index is 0.381. The van der Waals surface area contributed by atoms with Gasteiger partial charge in [-0.1, -0.05) is 0 Å². The number of amides is 1. The quantitative estimate of drug-likeness (QED) is 0.228. The van der Waals surface area contributed by atoms with Crippen molar-refractivity contribution in [2.24, 2.45) is 0 Å². The van der Waals surface area contributed by atoms with E-state index in [1.54, 1.807) is 0 Å². The lowest BCUT2D eigenvalue weighted by Crippen LogP contribution is -2.65. The van der Waals surface area contributed by atoms with Crippen LogP contribution in [0.1, 0.15) is 6.92 Å². The molecule has 12 heteroatoms. The van der Waals surface area contributed by atoms with Gasteiger partial charge >= 0.3 is 0 Å². The third-order valence-corrected chi connectivity index (χ3v) is 4.58. The van der Waals surface area contributed by atoms with Gasteiger partial charge < -0.3 is 54.9 Å². The Labute approximate surface area is 155 Å². The normalized spacial score (nSPS) is 45.5. The summed E-state index contributed by atoms with van der Waals surface area (Å²) in [5, 5.41) is 61.5. The molecular formula is C15H27NO11. The molecule has 2 aliphatic rings. The number of nitrogens with one attached hydrogen (secondary N) is 1. The minimum atomic E-state index is -1.61. The molecule has 0 aromatic carbocycles. The van der Waals surface area contributed by atoms with E-state index in [9.17, 15) is 30.3 Å². The molecule has 2 heterocycles. The highest BCUT2D eigenvalue weighted by atomic mass is 16.7. The number of rotatable bonds is 6. The van der Waals surface area contributed by atoms with Gasteiger partial charge in [0.15, 0.2) is 12.6 Å². The topological polar surface area (TPSA) is 187 Å². The average molecular weight is 397 g/mol. The molecule has 7 N–H and O–H groups in total. The van der Waals surface area contributed by atoms with Crippen LogP contribution in [0.5, 0.6) is 0 Å². The molecule has 2 saturated heterocycles. The Bertz CT molecular complexity index is 490. The molecule has 2 aliphatic heterocycles. The molecule has 0 aromatic heterocycles. The zero-order valence-electron chi connectivity index (χ0n) is 14.9. The van der Waals surface area contributed by atoms with Gasteiger partial charge in [0.2, 0.25) is 5.91 Å². The number of ether oxygens (including phenoxy) is 4. The summed E-state index contributed by atoms with van der Waals surface area (Å²) in [6.45, 7) is 0.240. The van der Waals surface area contributed by atoms with E-state index in [0.29, 0.717) is 0 Å². The van der Waals surface area contributed by atoms with Crippen LogP contribution in [0.4, 0.5) is 0 Å². The van der Waals surface area contributed by atoms with Gasteiger partial charge in [-0.15, -0.1) is 0 Å². The van der Waals surface area contributed by atoms with Crippen LogP contribution in [0.2, 0.25) is 0 Å². The van der Waals surface area contributed by atoms with Crippen molar-refractivity contribution in [2.75, 3.05) is 20.3 Å². The van der Waals surface area contributed by atoms with Crippen molar-refractivity contribution in [1.29, 1.82) is 0 Å². The molecule has 0 aliphatic carbocycles. The fourth-order valence-corrected chi connectivity index (χ4v) is 3.05. The molecule has 10 atom stereocenters. The van der Waals surface area contributed by atoms with Gasteiger partial charge in [0.1, 0.15) is 48.8 Å². The molecule has 158 valence electrons. The van der Waals surface area contributed by atoms with Gasteiger partial charge in [-0.3, -0.25) is 4.79 Å². The number of carbonyl (C=O) groups is 1. The first kappa shape index (κ1) is 22.4. The third-order valence-electron chi connectivity index (χ3n) is 4.58. The smallest absolute Gasteiger partial charge is 0.217 e. The van der Waals surface area contributed by atoms with Crippen LogP contribution in [-0.2, 0) is 23.7 Å². The average Bonchev–Trinajstić information content (AvgIpc) is 2.64. The molecule has 2 rings (SSSR count).